The molecule has 1 heterocycles. The topological polar surface area (TPSA) is 95.6 Å². The highest BCUT2D eigenvalue weighted by Crippen LogP contribution is 2.29. The van der Waals surface area contributed by atoms with Crippen molar-refractivity contribution in [3.63, 3.8) is 0 Å². The third-order valence-electron chi connectivity index (χ3n) is 7.28. The first-order chi connectivity index (χ1) is 16.7. The van der Waals surface area contributed by atoms with Gasteiger partial charge in [-0.15, -0.1) is 0 Å². The van der Waals surface area contributed by atoms with Crippen LogP contribution >= 0.6 is 0 Å². The van der Waals surface area contributed by atoms with Crippen LogP contribution < -0.4 is 10.0 Å². The van der Waals surface area contributed by atoms with Gasteiger partial charge in [0.15, 0.2) is 0 Å². The van der Waals surface area contributed by atoms with Gasteiger partial charge in [0, 0.05) is 25.6 Å². The van der Waals surface area contributed by atoms with Gasteiger partial charge in [0.2, 0.25) is 21.8 Å². The number of carbonyl (C=O) groups is 2. The minimum absolute atomic E-state index is 0.0490. The third kappa shape index (κ3) is 6.30. The molecule has 2 amide bonds. The molecule has 1 saturated carbocycles. The van der Waals surface area contributed by atoms with Gasteiger partial charge in [-0.2, -0.15) is 0 Å². The average Bonchev–Trinajstić information content (AvgIpc) is 2.87. The van der Waals surface area contributed by atoms with E-state index >= 15 is 0 Å². The van der Waals surface area contributed by atoms with E-state index in [4.69, 9.17) is 0 Å². The summed E-state index contributed by atoms with van der Waals surface area (Å²) in [5.74, 6) is -0.0713. The Hall–Kier alpha value is -2.71. The van der Waals surface area contributed by atoms with Gasteiger partial charge in [0.25, 0.3) is 0 Å². The van der Waals surface area contributed by atoms with Crippen molar-refractivity contribution in [3.05, 3.63) is 65.2 Å². The van der Waals surface area contributed by atoms with Crippen LogP contribution in [-0.2, 0) is 32.6 Å². The van der Waals surface area contributed by atoms with E-state index in [1.54, 1.807) is 31.2 Å². The number of hydrogen-bond donors (Lipinski definition) is 2. The summed E-state index contributed by atoms with van der Waals surface area (Å²) in [5, 5.41) is 2.93. The molecule has 188 valence electrons. The monoisotopic (exact) mass is 497 g/mol. The van der Waals surface area contributed by atoms with Crippen molar-refractivity contribution in [1.29, 1.82) is 0 Å². The van der Waals surface area contributed by atoms with Crippen LogP contribution in [0.4, 0.5) is 0 Å². The molecule has 1 aliphatic carbocycles. The maximum atomic E-state index is 12.9. The lowest BCUT2D eigenvalue weighted by Gasteiger charge is -2.32. The second-order valence-corrected chi connectivity index (χ2v) is 11.7. The lowest BCUT2D eigenvalue weighted by molar-refractivity contribution is -0.138. The van der Waals surface area contributed by atoms with Crippen LogP contribution in [0.15, 0.2) is 53.4 Å². The van der Waals surface area contributed by atoms with Crippen molar-refractivity contribution >= 4 is 21.8 Å². The Balaban J connectivity index is 1.22. The van der Waals surface area contributed by atoms with Gasteiger partial charge in [0.1, 0.15) is 6.04 Å². The fourth-order valence-corrected chi connectivity index (χ4v) is 6.12. The van der Waals surface area contributed by atoms with E-state index in [-0.39, 0.29) is 28.5 Å². The predicted molar refractivity (Wildman–Crippen MR) is 135 cm³/mol. The fourth-order valence-electron chi connectivity index (χ4n) is 5.01. The number of benzene rings is 2. The average molecular weight is 498 g/mol. The van der Waals surface area contributed by atoms with Crippen molar-refractivity contribution in [2.24, 2.45) is 11.8 Å². The number of hydrogen-bond acceptors (Lipinski definition) is 4. The number of nitrogens with zero attached hydrogens (tertiary/aromatic N) is 1. The number of rotatable bonds is 7. The molecule has 8 heteroatoms. The summed E-state index contributed by atoms with van der Waals surface area (Å²) in [6, 6.07) is 14.4. The molecule has 0 radical (unpaired) electrons. The summed E-state index contributed by atoms with van der Waals surface area (Å²) in [7, 11) is -3.53. The predicted octanol–water partition coefficient (Wildman–Crippen LogP) is 3.17. The van der Waals surface area contributed by atoms with Gasteiger partial charge in [0.05, 0.1) is 4.90 Å². The highest BCUT2D eigenvalue weighted by atomic mass is 32.2. The minimum Gasteiger partial charge on any atom is -0.344 e. The van der Waals surface area contributed by atoms with E-state index in [9.17, 15) is 18.0 Å². The molecule has 7 nitrogen and oxygen atoms in total. The summed E-state index contributed by atoms with van der Waals surface area (Å²) in [4.78, 5) is 27.9. The Morgan fingerprint density at radius 1 is 1.00 bits per heavy atom. The van der Waals surface area contributed by atoms with E-state index < -0.39 is 16.1 Å². The van der Waals surface area contributed by atoms with Crippen LogP contribution in [-0.4, -0.2) is 44.3 Å². The van der Waals surface area contributed by atoms with E-state index in [0.717, 1.165) is 24.8 Å². The zero-order valence-corrected chi connectivity index (χ0v) is 21.3. The van der Waals surface area contributed by atoms with Gasteiger partial charge in [-0.3, -0.25) is 9.59 Å². The Bertz CT molecular complexity index is 1160. The van der Waals surface area contributed by atoms with Gasteiger partial charge in [-0.1, -0.05) is 42.0 Å². The molecule has 2 aromatic rings. The minimum atomic E-state index is -3.53. The van der Waals surface area contributed by atoms with Gasteiger partial charge < -0.3 is 10.2 Å². The molecule has 2 aromatic carbocycles. The second kappa shape index (κ2) is 10.9. The van der Waals surface area contributed by atoms with Crippen LogP contribution in [0.5, 0.6) is 0 Å². The van der Waals surface area contributed by atoms with E-state index in [2.05, 4.69) is 22.2 Å². The number of aryl methyl sites for hydroxylation is 1. The molecule has 1 unspecified atom stereocenters. The lowest BCUT2D eigenvalue weighted by Crippen LogP contribution is -2.50. The van der Waals surface area contributed by atoms with Crippen molar-refractivity contribution in [3.8, 4) is 0 Å². The molecule has 0 aromatic heterocycles. The van der Waals surface area contributed by atoms with Gasteiger partial charge >= 0.3 is 0 Å². The quantitative estimate of drug-likeness (QED) is 0.614. The van der Waals surface area contributed by atoms with Crippen LogP contribution in [0, 0.1) is 18.8 Å². The van der Waals surface area contributed by atoms with Crippen LogP contribution in [0.3, 0.4) is 0 Å². The molecular formula is C27H35N3O4S. The van der Waals surface area contributed by atoms with Crippen molar-refractivity contribution < 1.29 is 18.0 Å². The molecule has 4 rings (SSSR count). The normalized spacial score (nSPS) is 21.1. The SMILES string of the molecule is Cc1ccc(S(=O)(=O)NCC2CCC(C(=O)NC(C)C(=O)N3CCc4ccccc4C3)CC2)cc1. The molecule has 1 fully saturated rings. The van der Waals surface area contributed by atoms with Crippen LogP contribution in [0.2, 0.25) is 0 Å². The third-order valence-corrected chi connectivity index (χ3v) is 8.72. The van der Waals surface area contributed by atoms with Crippen LogP contribution in [0.25, 0.3) is 0 Å². The number of nitrogens with one attached hydrogen (secondary N) is 2. The second-order valence-electron chi connectivity index (χ2n) is 9.89. The number of sulfonamides is 1. The van der Waals surface area contributed by atoms with Gasteiger partial charge in [-0.05, 0) is 75.1 Å². The highest BCUT2D eigenvalue weighted by molar-refractivity contribution is 7.89. The summed E-state index contributed by atoms with van der Waals surface area (Å²) < 4.78 is 27.8. The summed E-state index contributed by atoms with van der Waals surface area (Å²) in [6.07, 6.45) is 3.78. The molecule has 1 aliphatic heterocycles. The van der Waals surface area contributed by atoms with E-state index in [0.29, 0.717) is 32.5 Å². The molecule has 35 heavy (non-hydrogen) atoms. The van der Waals surface area contributed by atoms with Gasteiger partial charge in [-0.25, -0.2) is 13.1 Å². The molecular weight excluding hydrogens is 462 g/mol. The van der Waals surface area contributed by atoms with Crippen LogP contribution in [0.1, 0.15) is 49.3 Å². The summed E-state index contributed by atoms with van der Waals surface area (Å²) in [6.45, 7) is 5.29. The maximum absolute atomic E-state index is 12.9. The standard InChI is InChI=1S/C27H35N3O4S/c1-19-7-13-25(14-8-19)35(33,34)28-17-21-9-11-23(12-10-21)26(31)29-20(2)27(32)30-16-15-22-5-3-4-6-24(22)18-30/h3-8,13-14,20-21,23,28H,9-12,15-18H2,1-2H3,(H,29,31). The molecule has 0 saturated heterocycles. The zero-order valence-electron chi connectivity index (χ0n) is 20.5. The Labute approximate surface area is 208 Å². The summed E-state index contributed by atoms with van der Waals surface area (Å²) >= 11 is 0. The fraction of sp³-hybridized carbons (Fsp3) is 0.481. The number of fused-ring (bicyclic) bond motifs is 1. The Morgan fingerprint density at radius 2 is 1.66 bits per heavy atom. The molecule has 2 aliphatic rings. The molecule has 1 atom stereocenters. The Morgan fingerprint density at radius 3 is 2.34 bits per heavy atom. The lowest BCUT2D eigenvalue weighted by atomic mass is 9.81. The van der Waals surface area contributed by atoms with Crippen molar-refractivity contribution in [2.45, 2.75) is 63.4 Å². The summed E-state index contributed by atoms with van der Waals surface area (Å²) in [5.41, 5.74) is 3.46. The Kier molecular flexibility index (Phi) is 7.91. The molecule has 2 N–H and O–H groups in total. The zero-order chi connectivity index (χ0) is 25.0. The first kappa shape index (κ1) is 25.4. The molecule has 0 spiro atoms. The van der Waals surface area contributed by atoms with E-state index in [1.807, 2.05) is 24.0 Å². The van der Waals surface area contributed by atoms with Crippen molar-refractivity contribution in [2.75, 3.05) is 13.1 Å². The smallest absolute Gasteiger partial charge is 0.245 e. The first-order valence-electron chi connectivity index (χ1n) is 12.4. The number of amides is 2. The van der Waals surface area contributed by atoms with Crippen molar-refractivity contribution in [1.82, 2.24) is 14.9 Å². The first-order valence-corrected chi connectivity index (χ1v) is 13.9. The van der Waals surface area contributed by atoms with E-state index in [1.165, 1.54) is 11.1 Å². The highest BCUT2D eigenvalue weighted by Gasteiger charge is 2.31. The molecule has 0 bridgehead atoms. The number of carbonyl (C=O) groups excluding carboxylic acids is 2. The maximum Gasteiger partial charge on any atom is 0.245 e. The largest absolute Gasteiger partial charge is 0.344 e.